The van der Waals surface area contributed by atoms with Gasteiger partial charge in [-0.15, -0.1) is 0 Å². The number of rotatable bonds is 8. The van der Waals surface area contributed by atoms with Gasteiger partial charge in [-0.1, -0.05) is 50.5 Å². The molecule has 0 N–H and O–H groups in total. The summed E-state index contributed by atoms with van der Waals surface area (Å²) < 4.78 is 34.4. The fourth-order valence-electron chi connectivity index (χ4n) is 3.92. The van der Waals surface area contributed by atoms with Crippen molar-refractivity contribution < 1.29 is 23.0 Å². The Morgan fingerprint density at radius 1 is 0.931 bits per heavy atom. The molecule has 156 valence electrons. The minimum absolute atomic E-state index is 0.00469. The van der Waals surface area contributed by atoms with Crippen LogP contribution in [0.3, 0.4) is 0 Å². The van der Waals surface area contributed by atoms with E-state index in [9.17, 15) is 13.6 Å². The van der Waals surface area contributed by atoms with Crippen molar-refractivity contribution in [3.8, 4) is 22.6 Å². The molecule has 2 aromatic rings. The zero-order valence-corrected chi connectivity index (χ0v) is 16.8. The first-order valence-corrected chi connectivity index (χ1v) is 10.4. The lowest BCUT2D eigenvalue weighted by Crippen LogP contribution is -2.25. The number of hydrogen-bond acceptors (Lipinski definition) is 3. The van der Waals surface area contributed by atoms with Crippen LogP contribution in [0.2, 0.25) is 0 Å². The van der Waals surface area contributed by atoms with Crippen molar-refractivity contribution in [2.75, 3.05) is 0 Å². The van der Waals surface area contributed by atoms with Crippen molar-refractivity contribution in [2.45, 2.75) is 58.5 Å². The number of carbonyl (C=O) groups is 1. The van der Waals surface area contributed by atoms with Gasteiger partial charge < -0.3 is 9.47 Å². The largest absolute Gasteiger partial charge is 0.435 e. The molecule has 0 aliphatic heterocycles. The summed E-state index contributed by atoms with van der Waals surface area (Å²) in [6.07, 6.45) is 7.83. The summed E-state index contributed by atoms with van der Waals surface area (Å²) in [5, 5.41) is 0. The number of halogens is 2. The Morgan fingerprint density at radius 2 is 1.48 bits per heavy atom. The van der Waals surface area contributed by atoms with Crippen LogP contribution in [0.25, 0.3) is 11.1 Å². The molecule has 29 heavy (non-hydrogen) atoms. The van der Waals surface area contributed by atoms with Crippen LogP contribution in [-0.2, 0) is 4.79 Å². The van der Waals surface area contributed by atoms with E-state index >= 15 is 0 Å². The Hall–Kier alpha value is -2.43. The first-order chi connectivity index (χ1) is 14.0. The van der Waals surface area contributed by atoms with Gasteiger partial charge in [0.05, 0.1) is 5.92 Å². The molecule has 1 aliphatic rings. The summed E-state index contributed by atoms with van der Waals surface area (Å²) in [6.45, 7) is -0.619. The molecule has 5 heteroatoms. The fraction of sp³-hybridized carbons (Fsp3) is 0.458. The molecule has 2 aromatic carbocycles. The Labute approximate surface area is 171 Å². The second-order valence-corrected chi connectivity index (χ2v) is 7.71. The highest BCUT2D eigenvalue weighted by atomic mass is 19.3. The van der Waals surface area contributed by atoms with E-state index in [-0.39, 0.29) is 17.6 Å². The molecule has 1 aliphatic carbocycles. The van der Waals surface area contributed by atoms with Crippen molar-refractivity contribution in [3.05, 3.63) is 48.5 Å². The number of hydrogen-bond donors (Lipinski definition) is 0. The van der Waals surface area contributed by atoms with Crippen molar-refractivity contribution in [1.29, 1.82) is 0 Å². The summed E-state index contributed by atoms with van der Waals surface area (Å²) in [7, 11) is 0. The number of alkyl halides is 2. The Kier molecular flexibility index (Phi) is 7.62. The van der Waals surface area contributed by atoms with Crippen molar-refractivity contribution >= 4 is 5.97 Å². The van der Waals surface area contributed by atoms with Crippen LogP contribution < -0.4 is 9.47 Å². The Morgan fingerprint density at radius 3 is 2.00 bits per heavy atom. The second-order valence-electron chi connectivity index (χ2n) is 7.71. The normalized spacial score (nSPS) is 19.2. The summed E-state index contributed by atoms with van der Waals surface area (Å²) >= 11 is 0. The van der Waals surface area contributed by atoms with Gasteiger partial charge in [0.25, 0.3) is 0 Å². The molecule has 0 amide bonds. The van der Waals surface area contributed by atoms with Crippen LogP contribution >= 0.6 is 0 Å². The third-order valence-corrected chi connectivity index (χ3v) is 5.63. The Bertz CT molecular complexity index is 764. The van der Waals surface area contributed by atoms with Crippen LogP contribution in [0.5, 0.6) is 11.5 Å². The van der Waals surface area contributed by atoms with Crippen molar-refractivity contribution in [1.82, 2.24) is 0 Å². The van der Waals surface area contributed by atoms with E-state index in [0.717, 1.165) is 42.7 Å². The second kappa shape index (κ2) is 10.4. The lowest BCUT2D eigenvalue weighted by molar-refractivity contribution is -0.140. The van der Waals surface area contributed by atoms with Gasteiger partial charge >= 0.3 is 12.6 Å². The van der Waals surface area contributed by atoms with Crippen molar-refractivity contribution in [3.63, 3.8) is 0 Å². The topological polar surface area (TPSA) is 35.5 Å². The van der Waals surface area contributed by atoms with E-state index in [0.29, 0.717) is 5.75 Å². The highest BCUT2D eigenvalue weighted by Gasteiger charge is 2.27. The third kappa shape index (κ3) is 6.28. The number of benzene rings is 2. The predicted molar refractivity (Wildman–Crippen MR) is 109 cm³/mol. The molecule has 0 saturated heterocycles. The third-order valence-electron chi connectivity index (χ3n) is 5.63. The first-order valence-electron chi connectivity index (χ1n) is 10.4. The van der Waals surface area contributed by atoms with Gasteiger partial charge in [0.15, 0.2) is 0 Å². The average molecular weight is 402 g/mol. The smallest absolute Gasteiger partial charge is 0.387 e. The van der Waals surface area contributed by atoms with Crippen LogP contribution in [0.1, 0.15) is 51.9 Å². The highest BCUT2D eigenvalue weighted by Crippen LogP contribution is 2.33. The van der Waals surface area contributed by atoms with Crippen LogP contribution in [0.15, 0.2) is 48.5 Å². The first kappa shape index (κ1) is 21.3. The SMILES string of the molecule is CCCC[C@H]1CC[C@H](C(=O)Oc2ccc(-c3ccc(OC(F)F)cc3)cc2)CC1. The van der Waals surface area contributed by atoms with Gasteiger partial charge in [-0.2, -0.15) is 8.78 Å². The standard InChI is InChI=1S/C24H28F2O3/c1-2-3-4-17-5-7-20(8-6-17)23(27)28-21-13-9-18(10-14-21)19-11-15-22(16-12-19)29-24(25)26/h9-17,20,24H,2-8H2,1H3/t17-,20-. The van der Waals surface area contributed by atoms with Gasteiger partial charge in [0, 0.05) is 0 Å². The van der Waals surface area contributed by atoms with Gasteiger partial charge in [-0.25, -0.2) is 0 Å². The Balaban J connectivity index is 1.52. The molecular weight excluding hydrogens is 374 g/mol. The molecule has 1 fully saturated rings. The summed E-state index contributed by atoms with van der Waals surface area (Å²) in [5.74, 6) is 1.27. The van der Waals surface area contributed by atoms with Gasteiger partial charge in [0.2, 0.25) is 0 Å². The minimum Gasteiger partial charge on any atom is -0.435 e. The van der Waals surface area contributed by atoms with E-state index in [1.807, 2.05) is 12.1 Å². The van der Waals surface area contributed by atoms with Crippen molar-refractivity contribution in [2.24, 2.45) is 11.8 Å². The molecule has 0 heterocycles. The molecule has 0 unspecified atom stereocenters. The van der Waals surface area contributed by atoms with E-state index in [1.165, 1.54) is 31.4 Å². The molecular formula is C24H28F2O3. The zero-order valence-electron chi connectivity index (χ0n) is 16.8. The summed E-state index contributed by atoms with van der Waals surface area (Å²) in [4.78, 5) is 12.5. The lowest BCUT2D eigenvalue weighted by Gasteiger charge is -2.27. The molecule has 0 atom stereocenters. The molecule has 1 saturated carbocycles. The van der Waals surface area contributed by atoms with E-state index in [2.05, 4.69) is 11.7 Å². The maximum Gasteiger partial charge on any atom is 0.387 e. The molecule has 0 aromatic heterocycles. The quantitative estimate of drug-likeness (QED) is 0.357. The molecule has 3 nitrogen and oxygen atoms in total. The summed E-state index contributed by atoms with van der Waals surface area (Å²) in [6, 6.07) is 13.7. The van der Waals surface area contributed by atoms with Crippen LogP contribution in [0, 0.1) is 11.8 Å². The van der Waals surface area contributed by atoms with Crippen LogP contribution in [0.4, 0.5) is 8.78 Å². The summed E-state index contributed by atoms with van der Waals surface area (Å²) in [5.41, 5.74) is 1.78. The minimum atomic E-state index is -2.83. The van der Waals surface area contributed by atoms with E-state index < -0.39 is 6.61 Å². The van der Waals surface area contributed by atoms with Crippen LogP contribution in [-0.4, -0.2) is 12.6 Å². The lowest BCUT2D eigenvalue weighted by atomic mass is 9.80. The molecule has 0 spiro atoms. The molecule has 0 radical (unpaired) electrons. The number of ether oxygens (including phenoxy) is 2. The maximum absolute atomic E-state index is 12.5. The van der Waals surface area contributed by atoms with E-state index in [1.54, 1.807) is 24.3 Å². The number of carbonyl (C=O) groups excluding carboxylic acids is 1. The predicted octanol–water partition coefficient (Wildman–Crippen LogP) is 6.86. The maximum atomic E-state index is 12.5. The number of unbranched alkanes of at least 4 members (excludes halogenated alkanes) is 1. The fourth-order valence-corrected chi connectivity index (χ4v) is 3.92. The molecule has 0 bridgehead atoms. The van der Waals surface area contributed by atoms with E-state index in [4.69, 9.17) is 4.74 Å². The highest BCUT2D eigenvalue weighted by molar-refractivity contribution is 5.75. The van der Waals surface area contributed by atoms with Gasteiger partial charge in [-0.05, 0) is 67.0 Å². The average Bonchev–Trinajstić information content (AvgIpc) is 2.73. The molecule has 3 rings (SSSR count). The van der Waals surface area contributed by atoms with Gasteiger partial charge in [0.1, 0.15) is 11.5 Å². The van der Waals surface area contributed by atoms with Gasteiger partial charge in [-0.3, -0.25) is 4.79 Å². The monoisotopic (exact) mass is 402 g/mol. The zero-order chi connectivity index (χ0) is 20.6. The number of esters is 1.